The highest BCUT2D eigenvalue weighted by Crippen LogP contribution is 2.42. The average molecular weight is 301 g/mol. The summed E-state index contributed by atoms with van der Waals surface area (Å²) in [7, 11) is 0. The van der Waals surface area contributed by atoms with E-state index in [4.69, 9.17) is 4.74 Å². The Hall–Kier alpha value is -1.35. The zero-order valence-electron chi connectivity index (χ0n) is 13.5. The van der Waals surface area contributed by atoms with E-state index in [0.717, 1.165) is 19.0 Å². The number of hydrogen-bond donors (Lipinski definition) is 0. The molecule has 3 unspecified atom stereocenters. The molecule has 0 spiro atoms. The van der Waals surface area contributed by atoms with Crippen LogP contribution in [0.15, 0.2) is 30.3 Å². The minimum Gasteiger partial charge on any atom is -0.466 e. The van der Waals surface area contributed by atoms with Crippen molar-refractivity contribution in [1.82, 2.24) is 4.90 Å². The fourth-order valence-corrected chi connectivity index (χ4v) is 4.35. The van der Waals surface area contributed by atoms with Gasteiger partial charge in [-0.25, -0.2) is 0 Å². The molecule has 1 saturated heterocycles. The van der Waals surface area contributed by atoms with Crippen molar-refractivity contribution in [3.63, 3.8) is 0 Å². The maximum absolute atomic E-state index is 12.0. The van der Waals surface area contributed by atoms with Crippen molar-refractivity contribution in [3.8, 4) is 0 Å². The van der Waals surface area contributed by atoms with E-state index in [1.165, 1.54) is 31.2 Å². The van der Waals surface area contributed by atoms with Crippen molar-refractivity contribution < 1.29 is 9.53 Å². The summed E-state index contributed by atoms with van der Waals surface area (Å²) < 4.78 is 5.22. The summed E-state index contributed by atoms with van der Waals surface area (Å²) in [4.78, 5) is 14.6. The van der Waals surface area contributed by atoms with Gasteiger partial charge in [0, 0.05) is 19.1 Å². The molecule has 1 aromatic rings. The van der Waals surface area contributed by atoms with Crippen LogP contribution in [-0.4, -0.2) is 30.1 Å². The zero-order chi connectivity index (χ0) is 15.4. The molecule has 3 rings (SSSR count). The normalized spacial score (nSPS) is 28.3. The molecule has 1 aliphatic carbocycles. The lowest BCUT2D eigenvalue weighted by Gasteiger charge is -2.30. The Morgan fingerprint density at radius 1 is 1.23 bits per heavy atom. The van der Waals surface area contributed by atoms with Crippen LogP contribution >= 0.6 is 0 Å². The summed E-state index contributed by atoms with van der Waals surface area (Å²) in [5.74, 6) is 1.43. The van der Waals surface area contributed by atoms with Gasteiger partial charge >= 0.3 is 5.97 Å². The van der Waals surface area contributed by atoms with Gasteiger partial charge in [0.25, 0.3) is 0 Å². The molecule has 0 bridgehead atoms. The Morgan fingerprint density at radius 2 is 2.00 bits per heavy atom. The van der Waals surface area contributed by atoms with E-state index in [-0.39, 0.29) is 5.97 Å². The van der Waals surface area contributed by atoms with E-state index in [1.54, 1.807) is 0 Å². The third kappa shape index (κ3) is 3.52. The number of hydrogen-bond acceptors (Lipinski definition) is 3. The monoisotopic (exact) mass is 301 g/mol. The van der Waals surface area contributed by atoms with Crippen molar-refractivity contribution in [3.05, 3.63) is 35.9 Å². The molecule has 2 fully saturated rings. The Labute approximate surface area is 133 Å². The van der Waals surface area contributed by atoms with Gasteiger partial charge in [-0.05, 0) is 37.2 Å². The predicted molar refractivity (Wildman–Crippen MR) is 87.3 cm³/mol. The van der Waals surface area contributed by atoms with Crippen LogP contribution in [-0.2, 0) is 16.1 Å². The number of esters is 1. The fourth-order valence-electron chi connectivity index (χ4n) is 4.35. The quantitative estimate of drug-likeness (QED) is 0.778. The molecule has 3 nitrogen and oxygen atoms in total. The molecular formula is C19H27NO2. The summed E-state index contributed by atoms with van der Waals surface area (Å²) >= 11 is 0. The van der Waals surface area contributed by atoms with E-state index in [9.17, 15) is 4.79 Å². The first kappa shape index (κ1) is 15.5. The smallest absolute Gasteiger partial charge is 0.307 e. The first-order chi connectivity index (χ1) is 10.8. The molecule has 120 valence electrons. The van der Waals surface area contributed by atoms with Crippen LogP contribution < -0.4 is 0 Å². The van der Waals surface area contributed by atoms with E-state index in [2.05, 4.69) is 35.2 Å². The lowest BCUT2D eigenvalue weighted by atomic mass is 9.78. The minimum absolute atomic E-state index is 0.0308. The molecular weight excluding hydrogens is 274 g/mol. The summed E-state index contributed by atoms with van der Waals surface area (Å²) in [6, 6.07) is 11.0. The molecule has 1 aliphatic heterocycles. The van der Waals surface area contributed by atoms with Crippen molar-refractivity contribution >= 4 is 5.97 Å². The van der Waals surface area contributed by atoms with Crippen LogP contribution in [0.25, 0.3) is 0 Å². The van der Waals surface area contributed by atoms with E-state index >= 15 is 0 Å². The SMILES string of the molecule is CCOC(=O)CC1C2CCCCC2CN1Cc1ccccc1. The highest BCUT2D eigenvalue weighted by atomic mass is 16.5. The molecule has 0 radical (unpaired) electrons. The number of ether oxygens (including phenoxy) is 1. The zero-order valence-corrected chi connectivity index (χ0v) is 13.5. The van der Waals surface area contributed by atoms with Gasteiger partial charge < -0.3 is 4.74 Å². The number of likely N-dealkylation sites (tertiary alicyclic amines) is 1. The van der Waals surface area contributed by atoms with Crippen molar-refractivity contribution in [2.75, 3.05) is 13.2 Å². The predicted octanol–water partition coefficient (Wildman–Crippen LogP) is 3.63. The second-order valence-corrected chi connectivity index (χ2v) is 6.70. The van der Waals surface area contributed by atoms with E-state index < -0.39 is 0 Å². The van der Waals surface area contributed by atoms with Gasteiger partial charge in [-0.1, -0.05) is 43.2 Å². The van der Waals surface area contributed by atoms with Gasteiger partial charge in [0.05, 0.1) is 13.0 Å². The Bertz CT molecular complexity index is 487. The lowest BCUT2D eigenvalue weighted by Crippen LogP contribution is -2.35. The first-order valence-corrected chi connectivity index (χ1v) is 8.71. The molecule has 2 aliphatic rings. The molecule has 0 aromatic heterocycles. The molecule has 1 heterocycles. The summed E-state index contributed by atoms with van der Waals surface area (Å²) in [6.07, 6.45) is 5.84. The highest BCUT2D eigenvalue weighted by molar-refractivity contribution is 5.70. The third-order valence-electron chi connectivity index (χ3n) is 5.31. The second-order valence-electron chi connectivity index (χ2n) is 6.70. The standard InChI is InChI=1S/C19H27NO2/c1-2-22-19(21)12-18-17-11-7-6-10-16(17)14-20(18)13-15-8-4-3-5-9-15/h3-5,8-9,16-18H,2,6-7,10-14H2,1H3. The molecule has 3 heteroatoms. The summed E-state index contributed by atoms with van der Waals surface area (Å²) in [6.45, 7) is 4.47. The number of carbonyl (C=O) groups excluding carboxylic acids is 1. The van der Waals surface area contributed by atoms with E-state index in [1.807, 2.05) is 6.92 Å². The van der Waals surface area contributed by atoms with Crippen molar-refractivity contribution in [2.45, 2.75) is 51.6 Å². The largest absolute Gasteiger partial charge is 0.466 e. The van der Waals surface area contributed by atoms with Crippen molar-refractivity contribution in [2.24, 2.45) is 11.8 Å². The molecule has 22 heavy (non-hydrogen) atoms. The van der Waals surface area contributed by atoms with Gasteiger partial charge in [0.1, 0.15) is 0 Å². The van der Waals surface area contributed by atoms with Crippen LogP contribution in [0.1, 0.15) is 44.6 Å². The molecule has 1 saturated carbocycles. The molecule has 1 aromatic carbocycles. The lowest BCUT2D eigenvalue weighted by molar-refractivity contribution is -0.144. The number of carbonyl (C=O) groups is 1. The second kappa shape index (κ2) is 7.28. The number of nitrogens with zero attached hydrogens (tertiary/aromatic N) is 1. The third-order valence-corrected chi connectivity index (χ3v) is 5.31. The van der Waals surface area contributed by atoms with Crippen LogP contribution in [0.2, 0.25) is 0 Å². The Balaban J connectivity index is 1.72. The van der Waals surface area contributed by atoms with Gasteiger partial charge in [-0.2, -0.15) is 0 Å². The van der Waals surface area contributed by atoms with Crippen LogP contribution in [0.5, 0.6) is 0 Å². The van der Waals surface area contributed by atoms with E-state index in [0.29, 0.717) is 25.0 Å². The highest BCUT2D eigenvalue weighted by Gasteiger charge is 2.43. The molecule has 3 atom stereocenters. The van der Waals surface area contributed by atoms with Crippen LogP contribution in [0.3, 0.4) is 0 Å². The fraction of sp³-hybridized carbons (Fsp3) is 0.632. The minimum atomic E-state index is -0.0308. The topological polar surface area (TPSA) is 29.5 Å². The van der Waals surface area contributed by atoms with Crippen LogP contribution in [0.4, 0.5) is 0 Å². The summed E-state index contributed by atoms with van der Waals surface area (Å²) in [5, 5.41) is 0. The number of rotatable bonds is 5. The average Bonchev–Trinajstić information content (AvgIpc) is 2.86. The maximum Gasteiger partial charge on any atom is 0.307 e. The van der Waals surface area contributed by atoms with Gasteiger partial charge in [0.2, 0.25) is 0 Å². The van der Waals surface area contributed by atoms with Gasteiger partial charge in [-0.15, -0.1) is 0 Å². The van der Waals surface area contributed by atoms with Crippen LogP contribution in [0, 0.1) is 11.8 Å². The van der Waals surface area contributed by atoms with Gasteiger partial charge in [0.15, 0.2) is 0 Å². The van der Waals surface area contributed by atoms with Gasteiger partial charge in [-0.3, -0.25) is 9.69 Å². The first-order valence-electron chi connectivity index (χ1n) is 8.71. The molecule has 0 amide bonds. The van der Waals surface area contributed by atoms with Crippen molar-refractivity contribution in [1.29, 1.82) is 0 Å². The molecule has 0 N–H and O–H groups in total. The number of benzene rings is 1. The number of fused-ring (bicyclic) bond motifs is 1. The maximum atomic E-state index is 12.0. The summed E-state index contributed by atoms with van der Waals surface area (Å²) in [5.41, 5.74) is 1.34. The Kier molecular flexibility index (Phi) is 5.14. The Morgan fingerprint density at radius 3 is 2.77 bits per heavy atom.